The van der Waals surface area contributed by atoms with Crippen LogP contribution in [0.4, 0.5) is 11.4 Å². The van der Waals surface area contributed by atoms with Crippen LogP contribution in [-0.4, -0.2) is 22.5 Å². The van der Waals surface area contributed by atoms with E-state index in [2.05, 4.69) is 28.9 Å². The van der Waals surface area contributed by atoms with E-state index >= 15 is 0 Å². The van der Waals surface area contributed by atoms with E-state index in [9.17, 15) is 9.59 Å². The summed E-state index contributed by atoms with van der Waals surface area (Å²) in [6.45, 7) is 4.51. The maximum Gasteiger partial charge on any atom is 0.338 e. The highest BCUT2D eigenvalue weighted by Crippen LogP contribution is 2.31. The molecule has 152 valence electrons. The van der Waals surface area contributed by atoms with Gasteiger partial charge in [-0.05, 0) is 62.4 Å². The number of para-hydroxylation sites is 1. The summed E-state index contributed by atoms with van der Waals surface area (Å²) in [4.78, 5) is 24.8. The Morgan fingerprint density at radius 3 is 2.43 bits per heavy atom. The highest BCUT2D eigenvalue weighted by Gasteiger charge is 2.19. The summed E-state index contributed by atoms with van der Waals surface area (Å²) in [6.07, 6.45) is -0.942. The molecule has 0 saturated heterocycles. The number of hydrogen-bond donors (Lipinski definition) is 2. The van der Waals surface area contributed by atoms with Crippen LogP contribution in [0.15, 0.2) is 66.7 Å². The normalized spacial score (nSPS) is 12.1. The van der Waals surface area contributed by atoms with Gasteiger partial charge in [0.25, 0.3) is 5.91 Å². The quantitative estimate of drug-likeness (QED) is 0.379. The summed E-state index contributed by atoms with van der Waals surface area (Å²) >= 11 is 0. The first-order valence-corrected chi connectivity index (χ1v) is 9.86. The average Bonchev–Trinajstić information content (AvgIpc) is 3.07. The van der Waals surface area contributed by atoms with Gasteiger partial charge in [-0.3, -0.25) is 4.79 Å². The molecule has 1 heterocycles. The Hall–Kier alpha value is -3.80. The number of amides is 1. The van der Waals surface area contributed by atoms with Gasteiger partial charge in [0, 0.05) is 39.7 Å². The zero-order chi connectivity index (χ0) is 21.3. The second kappa shape index (κ2) is 7.91. The van der Waals surface area contributed by atoms with Gasteiger partial charge < -0.3 is 20.4 Å². The molecular weight excluding hydrogens is 378 g/mol. The minimum Gasteiger partial charge on any atom is -0.449 e. The van der Waals surface area contributed by atoms with E-state index in [1.165, 1.54) is 0 Å². The molecule has 4 aromatic rings. The Kier molecular flexibility index (Phi) is 5.14. The number of esters is 1. The van der Waals surface area contributed by atoms with Crippen LogP contribution < -0.4 is 11.1 Å². The Morgan fingerprint density at radius 1 is 1.00 bits per heavy atom. The predicted molar refractivity (Wildman–Crippen MR) is 119 cm³/mol. The molecule has 0 spiro atoms. The van der Waals surface area contributed by atoms with Crippen molar-refractivity contribution in [2.75, 3.05) is 11.1 Å². The van der Waals surface area contributed by atoms with Crippen molar-refractivity contribution in [3.05, 3.63) is 72.3 Å². The first-order valence-electron chi connectivity index (χ1n) is 9.86. The summed E-state index contributed by atoms with van der Waals surface area (Å²) in [7, 11) is 0. The molecule has 0 bridgehead atoms. The lowest BCUT2D eigenvalue weighted by Crippen LogP contribution is -2.30. The van der Waals surface area contributed by atoms with E-state index in [0.29, 0.717) is 16.9 Å². The fraction of sp³-hybridized carbons (Fsp3) is 0.167. The van der Waals surface area contributed by atoms with Gasteiger partial charge in [0.1, 0.15) is 0 Å². The van der Waals surface area contributed by atoms with Gasteiger partial charge >= 0.3 is 5.97 Å². The van der Waals surface area contributed by atoms with Gasteiger partial charge in [0.05, 0.1) is 5.56 Å². The maximum atomic E-state index is 12.6. The SMILES string of the molecule is CCn1c2ccccc2c2cc(NC(=O)C(C)OC(=O)c3ccc(N)cc3)ccc21. The van der Waals surface area contributed by atoms with Crippen LogP contribution in [0.1, 0.15) is 24.2 Å². The van der Waals surface area contributed by atoms with Gasteiger partial charge in [0.15, 0.2) is 6.10 Å². The fourth-order valence-electron chi connectivity index (χ4n) is 3.62. The Balaban J connectivity index is 1.53. The molecule has 1 atom stereocenters. The Labute approximate surface area is 174 Å². The lowest BCUT2D eigenvalue weighted by atomic mass is 10.1. The molecule has 6 nitrogen and oxygen atoms in total. The molecule has 1 amide bonds. The lowest BCUT2D eigenvalue weighted by Gasteiger charge is -2.14. The summed E-state index contributed by atoms with van der Waals surface area (Å²) in [5, 5.41) is 5.05. The Bertz CT molecular complexity index is 1240. The number of aromatic nitrogens is 1. The summed E-state index contributed by atoms with van der Waals surface area (Å²) in [5.74, 6) is -0.962. The van der Waals surface area contributed by atoms with E-state index in [1.54, 1.807) is 31.2 Å². The van der Waals surface area contributed by atoms with Crippen molar-refractivity contribution < 1.29 is 14.3 Å². The van der Waals surface area contributed by atoms with Crippen molar-refractivity contribution >= 4 is 45.1 Å². The highest BCUT2D eigenvalue weighted by molar-refractivity contribution is 6.10. The number of nitrogens with two attached hydrogens (primary N) is 1. The van der Waals surface area contributed by atoms with Crippen LogP contribution >= 0.6 is 0 Å². The third-order valence-electron chi connectivity index (χ3n) is 5.16. The van der Waals surface area contributed by atoms with Gasteiger partial charge in [-0.2, -0.15) is 0 Å². The van der Waals surface area contributed by atoms with Crippen molar-refractivity contribution in [1.82, 2.24) is 4.57 Å². The number of ether oxygens (including phenoxy) is 1. The summed E-state index contributed by atoms with van der Waals surface area (Å²) < 4.78 is 7.54. The molecule has 0 aliphatic rings. The first-order chi connectivity index (χ1) is 14.5. The number of fused-ring (bicyclic) bond motifs is 3. The maximum absolute atomic E-state index is 12.6. The van der Waals surface area contributed by atoms with Crippen LogP contribution in [0.25, 0.3) is 21.8 Å². The third-order valence-corrected chi connectivity index (χ3v) is 5.16. The Morgan fingerprint density at radius 2 is 1.70 bits per heavy atom. The van der Waals surface area contributed by atoms with Crippen molar-refractivity contribution in [2.45, 2.75) is 26.5 Å². The van der Waals surface area contributed by atoms with E-state index < -0.39 is 18.0 Å². The van der Waals surface area contributed by atoms with Gasteiger partial charge in [-0.15, -0.1) is 0 Å². The molecular formula is C24H23N3O3. The number of carbonyl (C=O) groups is 2. The minimum atomic E-state index is -0.942. The molecule has 0 aliphatic carbocycles. The molecule has 3 aromatic carbocycles. The van der Waals surface area contributed by atoms with E-state index in [4.69, 9.17) is 10.5 Å². The zero-order valence-corrected chi connectivity index (χ0v) is 16.9. The number of nitrogens with one attached hydrogen (secondary N) is 1. The smallest absolute Gasteiger partial charge is 0.338 e. The molecule has 0 aliphatic heterocycles. The predicted octanol–water partition coefficient (Wildman–Crippen LogP) is 4.58. The van der Waals surface area contributed by atoms with Gasteiger partial charge in [0.2, 0.25) is 0 Å². The molecule has 3 N–H and O–H groups in total. The number of nitrogen functional groups attached to an aromatic ring is 1. The summed E-state index contributed by atoms with van der Waals surface area (Å²) in [6, 6.07) is 20.4. The molecule has 1 aromatic heterocycles. The molecule has 1 unspecified atom stereocenters. The van der Waals surface area contributed by atoms with Crippen LogP contribution in [0.5, 0.6) is 0 Å². The summed E-state index contributed by atoms with van der Waals surface area (Å²) in [5.41, 5.74) is 9.45. The van der Waals surface area contributed by atoms with Crippen LogP contribution in [0.2, 0.25) is 0 Å². The topological polar surface area (TPSA) is 86.4 Å². The van der Waals surface area contributed by atoms with Crippen LogP contribution in [-0.2, 0) is 16.1 Å². The van der Waals surface area contributed by atoms with Crippen molar-refractivity contribution in [2.24, 2.45) is 0 Å². The molecule has 0 fully saturated rings. The second-order valence-corrected chi connectivity index (χ2v) is 7.15. The standard InChI is InChI=1S/C24H23N3O3/c1-3-27-21-7-5-4-6-19(21)20-14-18(12-13-22(20)27)26-23(28)15(2)30-24(29)16-8-10-17(25)11-9-16/h4-15H,3,25H2,1-2H3,(H,26,28). The minimum absolute atomic E-state index is 0.345. The lowest BCUT2D eigenvalue weighted by molar-refractivity contribution is -0.123. The molecule has 0 radical (unpaired) electrons. The monoisotopic (exact) mass is 401 g/mol. The zero-order valence-electron chi connectivity index (χ0n) is 16.9. The average molecular weight is 401 g/mol. The fourth-order valence-corrected chi connectivity index (χ4v) is 3.62. The molecule has 30 heavy (non-hydrogen) atoms. The van der Waals surface area contributed by atoms with Gasteiger partial charge in [-0.1, -0.05) is 18.2 Å². The highest BCUT2D eigenvalue weighted by atomic mass is 16.5. The molecule has 4 rings (SSSR count). The van der Waals surface area contributed by atoms with Crippen LogP contribution in [0.3, 0.4) is 0 Å². The third kappa shape index (κ3) is 3.59. The first kappa shape index (κ1) is 19.5. The molecule has 6 heteroatoms. The number of rotatable bonds is 5. The number of nitrogens with zero attached hydrogens (tertiary/aromatic N) is 1. The van der Waals surface area contributed by atoms with Crippen molar-refractivity contribution in [3.8, 4) is 0 Å². The largest absolute Gasteiger partial charge is 0.449 e. The van der Waals surface area contributed by atoms with E-state index in [-0.39, 0.29) is 0 Å². The number of aryl methyl sites for hydroxylation is 1. The number of carbonyl (C=O) groups excluding carboxylic acids is 2. The van der Waals surface area contributed by atoms with Crippen molar-refractivity contribution in [3.63, 3.8) is 0 Å². The number of anilines is 2. The second-order valence-electron chi connectivity index (χ2n) is 7.15. The molecule has 0 saturated carbocycles. The van der Waals surface area contributed by atoms with E-state index in [0.717, 1.165) is 28.4 Å². The van der Waals surface area contributed by atoms with Crippen molar-refractivity contribution in [1.29, 1.82) is 0 Å². The van der Waals surface area contributed by atoms with Gasteiger partial charge in [-0.25, -0.2) is 4.79 Å². The van der Waals surface area contributed by atoms with Crippen LogP contribution in [0, 0.1) is 0 Å². The number of benzene rings is 3. The number of hydrogen-bond acceptors (Lipinski definition) is 4. The van der Waals surface area contributed by atoms with E-state index in [1.807, 2.05) is 30.3 Å².